The Balaban J connectivity index is 1.51. The Hall–Kier alpha value is -3.59. The molecule has 2 aromatic heterocycles. The van der Waals surface area contributed by atoms with E-state index in [1.165, 1.54) is 0 Å². The fourth-order valence-corrected chi connectivity index (χ4v) is 4.60. The van der Waals surface area contributed by atoms with Crippen LogP contribution in [-0.2, 0) is 38.6 Å². The number of carbonyl (C=O) groups excluding carboxylic acids is 2. The van der Waals surface area contributed by atoms with Crippen molar-refractivity contribution in [3.63, 3.8) is 0 Å². The fraction of sp³-hybridized carbons (Fsp3) is 0.423. The second kappa shape index (κ2) is 11.7. The van der Waals surface area contributed by atoms with E-state index in [2.05, 4.69) is 15.2 Å². The molecule has 3 heterocycles. The molecule has 0 saturated heterocycles. The highest BCUT2D eigenvalue weighted by Crippen LogP contribution is 2.23. The van der Waals surface area contributed by atoms with Gasteiger partial charge in [0.25, 0.3) is 0 Å². The summed E-state index contributed by atoms with van der Waals surface area (Å²) in [7, 11) is 0. The van der Waals surface area contributed by atoms with E-state index >= 15 is 0 Å². The number of hydrogen-bond donors (Lipinski definition) is 3. The lowest BCUT2D eigenvalue weighted by atomic mass is 9.96. The molecule has 2 amide bonds. The third-order valence-electron chi connectivity index (χ3n) is 6.38. The normalized spacial score (nSPS) is 17.7. The second-order valence-corrected chi connectivity index (χ2v) is 8.89. The Morgan fingerprint density at radius 2 is 1.97 bits per heavy atom. The van der Waals surface area contributed by atoms with Gasteiger partial charge < -0.3 is 29.6 Å². The molecule has 0 aliphatic carbocycles. The molecule has 2 atom stereocenters. The van der Waals surface area contributed by atoms with Crippen molar-refractivity contribution in [1.29, 1.82) is 0 Å². The average molecular weight is 481 g/mol. The van der Waals surface area contributed by atoms with E-state index in [-0.39, 0.29) is 12.3 Å². The van der Waals surface area contributed by atoms with Crippen molar-refractivity contribution in [2.45, 2.75) is 44.8 Å². The van der Waals surface area contributed by atoms with Gasteiger partial charge in [0, 0.05) is 61.5 Å². The summed E-state index contributed by atoms with van der Waals surface area (Å²) in [5, 5.41) is 16.1. The van der Waals surface area contributed by atoms with E-state index < -0.39 is 23.8 Å². The first kappa shape index (κ1) is 24.5. The van der Waals surface area contributed by atoms with E-state index in [0.29, 0.717) is 52.1 Å². The molecule has 0 saturated carbocycles. The zero-order valence-electron chi connectivity index (χ0n) is 19.7. The van der Waals surface area contributed by atoms with Gasteiger partial charge in [0.05, 0.1) is 19.6 Å². The Labute approximate surface area is 204 Å². The molecular weight excluding hydrogens is 448 g/mol. The molecule has 3 aromatic rings. The zero-order valence-corrected chi connectivity index (χ0v) is 19.7. The lowest BCUT2D eigenvalue weighted by molar-refractivity contribution is -0.141. The van der Waals surface area contributed by atoms with Crippen molar-refractivity contribution >= 4 is 28.7 Å². The highest BCUT2D eigenvalue weighted by Gasteiger charge is 2.28. The van der Waals surface area contributed by atoms with E-state index in [1.807, 2.05) is 59.6 Å². The fourth-order valence-electron chi connectivity index (χ4n) is 4.60. The maximum Gasteiger partial charge on any atom is 0.304 e. The summed E-state index contributed by atoms with van der Waals surface area (Å²) in [6.45, 7) is 2.63. The minimum absolute atomic E-state index is 0.279. The first-order chi connectivity index (χ1) is 17.0. The first-order valence-electron chi connectivity index (χ1n) is 12.1. The third kappa shape index (κ3) is 6.51. The lowest BCUT2D eigenvalue weighted by Crippen LogP contribution is -2.50. The summed E-state index contributed by atoms with van der Waals surface area (Å²) in [5.74, 6) is -2.47. The molecule has 2 bridgehead atoms. The smallest absolute Gasteiger partial charge is 0.304 e. The van der Waals surface area contributed by atoms with Gasteiger partial charge in [0.15, 0.2) is 0 Å². The Bertz CT molecular complexity index is 1150. The van der Waals surface area contributed by atoms with Gasteiger partial charge >= 0.3 is 5.97 Å². The van der Waals surface area contributed by atoms with Crippen molar-refractivity contribution < 1.29 is 24.2 Å². The molecule has 186 valence electrons. The van der Waals surface area contributed by atoms with Crippen LogP contribution in [0.2, 0.25) is 0 Å². The molecule has 1 unspecified atom stereocenters. The van der Waals surface area contributed by atoms with Gasteiger partial charge in [-0.25, -0.2) is 0 Å². The van der Waals surface area contributed by atoms with Crippen molar-refractivity contribution in [2.24, 2.45) is 5.92 Å². The molecule has 0 fully saturated rings. The number of aromatic nitrogens is 2. The zero-order chi connectivity index (χ0) is 24.6. The minimum Gasteiger partial charge on any atom is -0.481 e. The predicted octanol–water partition coefficient (Wildman–Crippen LogP) is 2.19. The van der Waals surface area contributed by atoms with Gasteiger partial charge in [-0.05, 0) is 36.6 Å². The van der Waals surface area contributed by atoms with Gasteiger partial charge in [-0.15, -0.1) is 0 Å². The van der Waals surface area contributed by atoms with Crippen LogP contribution in [0.4, 0.5) is 0 Å². The number of para-hydroxylation sites is 1. The monoisotopic (exact) mass is 480 g/mol. The highest BCUT2D eigenvalue weighted by molar-refractivity contribution is 5.91. The first-order valence-corrected chi connectivity index (χ1v) is 12.1. The van der Waals surface area contributed by atoms with Gasteiger partial charge in [0.1, 0.15) is 6.04 Å². The number of amides is 2. The summed E-state index contributed by atoms with van der Waals surface area (Å²) in [5.41, 5.74) is 1.99. The number of carbonyl (C=O) groups is 3. The molecule has 9 nitrogen and oxygen atoms in total. The lowest BCUT2D eigenvalue weighted by Gasteiger charge is -2.22. The Morgan fingerprint density at radius 1 is 1.17 bits per heavy atom. The molecular formula is C26H32N4O5. The summed E-state index contributed by atoms with van der Waals surface area (Å²) in [6, 6.07) is 11.0. The molecule has 1 aliphatic heterocycles. The third-order valence-corrected chi connectivity index (χ3v) is 6.38. The average Bonchev–Trinajstić information content (AvgIpc) is 3.47. The van der Waals surface area contributed by atoms with Crippen LogP contribution in [-0.4, -0.2) is 57.8 Å². The summed E-state index contributed by atoms with van der Waals surface area (Å²) < 4.78 is 9.76. The highest BCUT2D eigenvalue weighted by atomic mass is 16.5. The number of nitrogens with zero attached hydrogens (tertiary/aromatic N) is 2. The molecule has 4 rings (SSSR count). The number of carboxylic acid groups (broad SMARTS) is 1. The van der Waals surface area contributed by atoms with E-state index in [9.17, 15) is 19.5 Å². The minimum atomic E-state index is -1.03. The summed E-state index contributed by atoms with van der Waals surface area (Å²) >= 11 is 0. The van der Waals surface area contributed by atoms with Crippen molar-refractivity contribution in [3.05, 3.63) is 60.6 Å². The number of benzene rings is 1. The SMILES string of the molecule is O=C(O)C[C@@H](CCCn1cccc1)C(=O)NC1Cc2cn(c3ccccc23)CCOCCNC1=O. The number of fused-ring (bicyclic) bond motifs is 5. The van der Waals surface area contributed by atoms with Crippen molar-refractivity contribution in [2.75, 3.05) is 19.8 Å². The molecule has 0 radical (unpaired) electrons. The van der Waals surface area contributed by atoms with Crippen LogP contribution in [0.15, 0.2) is 55.0 Å². The van der Waals surface area contributed by atoms with Crippen LogP contribution in [0.3, 0.4) is 0 Å². The van der Waals surface area contributed by atoms with Crippen LogP contribution in [0.25, 0.3) is 10.9 Å². The standard InChI is InChI=1S/C26H32N4O5/c31-24(32)17-19(6-5-12-29-10-3-4-11-29)25(33)28-22-16-20-18-30(23-8-2-1-7-21(20)23)13-15-35-14-9-27-26(22)34/h1-4,7-8,10-11,18-19,22H,5-6,9,12-17H2,(H,27,34)(H,28,33)(H,31,32)/t19-,22?/m1/s1. The van der Waals surface area contributed by atoms with E-state index in [0.717, 1.165) is 16.5 Å². The van der Waals surface area contributed by atoms with Gasteiger partial charge in [-0.3, -0.25) is 14.4 Å². The van der Waals surface area contributed by atoms with Crippen LogP contribution >= 0.6 is 0 Å². The Morgan fingerprint density at radius 3 is 2.77 bits per heavy atom. The number of carboxylic acids is 1. The molecule has 3 N–H and O–H groups in total. The van der Waals surface area contributed by atoms with Gasteiger partial charge in [-0.1, -0.05) is 18.2 Å². The van der Waals surface area contributed by atoms with Gasteiger partial charge in [0.2, 0.25) is 11.8 Å². The largest absolute Gasteiger partial charge is 0.481 e. The second-order valence-electron chi connectivity index (χ2n) is 8.89. The van der Waals surface area contributed by atoms with Gasteiger partial charge in [-0.2, -0.15) is 0 Å². The number of aliphatic carboxylic acids is 1. The molecule has 1 aliphatic rings. The van der Waals surface area contributed by atoms with E-state index in [4.69, 9.17) is 4.74 Å². The number of rotatable bonds is 8. The maximum absolute atomic E-state index is 13.2. The number of nitrogens with one attached hydrogen (secondary N) is 2. The Kier molecular flexibility index (Phi) is 8.20. The molecule has 35 heavy (non-hydrogen) atoms. The van der Waals surface area contributed by atoms with Crippen molar-refractivity contribution in [3.8, 4) is 0 Å². The summed E-state index contributed by atoms with van der Waals surface area (Å²) in [4.78, 5) is 37.7. The summed E-state index contributed by atoms with van der Waals surface area (Å²) in [6.07, 6.45) is 6.98. The number of aryl methyl sites for hydroxylation is 1. The van der Waals surface area contributed by atoms with Crippen molar-refractivity contribution in [1.82, 2.24) is 19.8 Å². The van der Waals surface area contributed by atoms with Crippen LogP contribution < -0.4 is 10.6 Å². The predicted molar refractivity (Wildman–Crippen MR) is 131 cm³/mol. The molecule has 9 heteroatoms. The maximum atomic E-state index is 13.2. The number of hydrogen-bond acceptors (Lipinski definition) is 4. The van der Waals surface area contributed by atoms with E-state index in [1.54, 1.807) is 0 Å². The quantitative estimate of drug-likeness (QED) is 0.457. The molecule has 0 spiro atoms. The topological polar surface area (TPSA) is 115 Å². The van der Waals surface area contributed by atoms with Crippen LogP contribution in [0.5, 0.6) is 0 Å². The van der Waals surface area contributed by atoms with Crippen LogP contribution in [0, 0.1) is 5.92 Å². The number of ether oxygens (including phenoxy) is 1. The molecule has 1 aromatic carbocycles. The van der Waals surface area contributed by atoms with Crippen LogP contribution in [0.1, 0.15) is 24.8 Å².